The van der Waals surface area contributed by atoms with E-state index in [1.807, 2.05) is 19.9 Å². The third kappa shape index (κ3) is 2.66. The average Bonchev–Trinajstić information content (AvgIpc) is 3.04. The SMILES string of the molecule is CCc1oc2c(NC(=O)N3CC[C@@H](N)C3)cc(Cl)cc2c1C. The van der Waals surface area contributed by atoms with Crippen LogP contribution in [0.3, 0.4) is 0 Å². The van der Waals surface area contributed by atoms with Crippen LogP contribution in [-0.2, 0) is 6.42 Å². The molecular formula is C16H20ClN3O2. The third-order valence-corrected chi connectivity index (χ3v) is 4.39. The van der Waals surface area contributed by atoms with Crippen LogP contribution >= 0.6 is 11.6 Å². The summed E-state index contributed by atoms with van der Waals surface area (Å²) in [4.78, 5) is 14.1. The van der Waals surface area contributed by atoms with Gasteiger partial charge in [0.1, 0.15) is 5.76 Å². The Bertz CT molecular complexity index is 726. The van der Waals surface area contributed by atoms with Crippen molar-refractivity contribution in [1.82, 2.24) is 4.90 Å². The molecule has 2 amide bonds. The third-order valence-electron chi connectivity index (χ3n) is 4.18. The van der Waals surface area contributed by atoms with Gasteiger partial charge in [-0.25, -0.2) is 4.79 Å². The number of fused-ring (bicyclic) bond motifs is 1. The summed E-state index contributed by atoms with van der Waals surface area (Å²) in [5, 5.41) is 4.42. The molecule has 2 aromatic rings. The molecule has 0 radical (unpaired) electrons. The first-order chi connectivity index (χ1) is 10.5. The van der Waals surface area contributed by atoms with Crippen molar-refractivity contribution < 1.29 is 9.21 Å². The number of hydrogen-bond acceptors (Lipinski definition) is 3. The fourth-order valence-electron chi connectivity index (χ4n) is 2.93. The molecule has 5 nitrogen and oxygen atoms in total. The van der Waals surface area contributed by atoms with Crippen LogP contribution in [0.4, 0.5) is 10.5 Å². The highest BCUT2D eigenvalue weighted by atomic mass is 35.5. The summed E-state index contributed by atoms with van der Waals surface area (Å²) in [5.74, 6) is 0.913. The second-order valence-corrected chi connectivity index (χ2v) is 6.20. The number of carbonyl (C=O) groups excluding carboxylic acids is 1. The van der Waals surface area contributed by atoms with Crippen molar-refractivity contribution in [3.8, 4) is 0 Å². The maximum absolute atomic E-state index is 12.4. The first-order valence-corrected chi connectivity index (χ1v) is 7.90. The second-order valence-electron chi connectivity index (χ2n) is 5.76. The van der Waals surface area contributed by atoms with Gasteiger partial charge in [-0.15, -0.1) is 0 Å². The van der Waals surface area contributed by atoms with E-state index in [9.17, 15) is 4.79 Å². The van der Waals surface area contributed by atoms with E-state index >= 15 is 0 Å². The van der Waals surface area contributed by atoms with E-state index < -0.39 is 0 Å². The van der Waals surface area contributed by atoms with Gasteiger partial charge >= 0.3 is 6.03 Å². The Labute approximate surface area is 134 Å². The minimum absolute atomic E-state index is 0.0580. The predicted molar refractivity (Wildman–Crippen MR) is 88.5 cm³/mol. The minimum atomic E-state index is -0.163. The van der Waals surface area contributed by atoms with E-state index in [1.165, 1.54) is 0 Å². The number of urea groups is 1. The summed E-state index contributed by atoms with van der Waals surface area (Å²) < 4.78 is 5.90. The van der Waals surface area contributed by atoms with E-state index in [2.05, 4.69) is 5.32 Å². The summed E-state index contributed by atoms with van der Waals surface area (Å²) in [7, 11) is 0. The Balaban J connectivity index is 1.94. The van der Waals surface area contributed by atoms with Gasteiger partial charge < -0.3 is 20.4 Å². The second kappa shape index (κ2) is 5.82. The van der Waals surface area contributed by atoms with Gasteiger partial charge in [0.25, 0.3) is 0 Å². The first kappa shape index (κ1) is 15.2. The summed E-state index contributed by atoms with van der Waals surface area (Å²) in [6.07, 6.45) is 1.63. The zero-order valence-electron chi connectivity index (χ0n) is 12.8. The number of amides is 2. The molecule has 0 spiro atoms. The van der Waals surface area contributed by atoms with Crippen LogP contribution in [0, 0.1) is 6.92 Å². The predicted octanol–water partition coefficient (Wildman–Crippen LogP) is 3.52. The Morgan fingerprint density at radius 3 is 2.95 bits per heavy atom. The molecule has 0 aliphatic carbocycles. The van der Waals surface area contributed by atoms with E-state index in [-0.39, 0.29) is 12.1 Å². The van der Waals surface area contributed by atoms with E-state index in [4.69, 9.17) is 21.8 Å². The highest BCUT2D eigenvalue weighted by Gasteiger charge is 2.24. The zero-order valence-corrected chi connectivity index (χ0v) is 13.5. The van der Waals surface area contributed by atoms with E-state index in [1.54, 1.807) is 11.0 Å². The normalized spacial score (nSPS) is 18.2. The van der Waals surface area contributed by atoms with Crippen LogP contribution < -0.4 is 11.1 Å². The minimum Gasteiger partial charge on any atom is -0.459 e. The van der Waals surface area contributed by atoms with Crippen molar-refractivity contribution in [3.05, 3.63) is 28.5 Å². The van der Waals surface area contributed by atoms with Crippen LogP contribution in [0.25, 0.3) is 11.0 Å². The molecule has 1 atom stereocenters. The average molecular weight is 322 g/mol. The van der Waals surface area contributed by atoms with Crippen molar-refractivity contribution >= 4 is 34.3 Å². The summed E-state index contributed by atoms with van der Waals surface area (Å²) in [6.45, 7) is 5.29. The summed E-state index contributed by atoms with van der Waals surface area (Å²) in [6, 6.07) is 3.49. The number of carbonyl (C=O) groups is 1. The van der Waals surface area contributed by atoms with Crippen molar-refractivity contribution in [2.75, 3.05) is 18.4 Å². The molecule has 0 saturated carbocycles. The number of nitrogens with two attached hydrogens (primary N) is 1. The molecule has 22 heavy (non-hydrogen) atoms. The van der Waals surface area contributed by atoms with Crippen LogP contribution in [0.1, 0.15) is 24.7 Å². The Morgan fingerprint density at radius 1 is 1.55 bits per heavy atom. The Morgan fingerprint density at radius 2 is 2.32 bits per heavy atom. The molecule has 1 aliphatic heterocycles. The van der Waals surface area contributed by atoms with Crippen LogP contribution in [-0.4, -0.2) is 30.1 Å². The number of furan rings is 1. The van der Waals surface area contributed by atoms with E-state index in [0.29, 0.717) is 29.4 Å². The highest BCUT2D eigenvalue weighted by Crippen LogP contribution is 2.34. The number of halogens is 1. The Hall–Kier alpha value is -1.72. The van der Waals surface area contributed by atoms with Gasteiger partial charge in [-0.3, -0.25) is 0 Å². The molecule has 3 N–H and O–H groups in total. The summed E-state index contributed by atoms with van der Waals surface area (Å²) in [5.41, 5.74) is 8.20. The zero-order chi connectivity index (χ0) is 15.9. The quantitative estimate of drug-likeness (QED) is 0.889. The lowest BCUT2D eigenvalue weighted by molar-refractivity contribution is 0.222. The molecule has 0 bridgehead atoms. The lowest BCUT2D eigenvalue weighted by Gasteiger charge is -2.17. The van der Waals surface area contributed by atoms with Crippen LogP contribution in [0.5, 0.6) is 0 Å². The number of likely N-dealkylation sites (tertiary alicyclic amines) is 1. The lowest BCUT2D eigenvalue weighted by atomic mass is 10.1. The maximum Gasteiger partial charge on any atom is 0.322 e. The first-order valence-electron chi connectivity index (χ1n) is 7.52. The monoisotopic (exact) mass is 321 g/mol. The van der Waals surface area contributed by atoms with E-state index in [0.717, 1.165) is 29.6 Å². The molecule has 118 valence electrons. The van der Waals surface area contributed by atoms with Gasteiger partial charge in [0.05, 0.1) is 5.69 Å². The molecule has 1 saturated heterocycles. The standard InChI is InChI=1S/C16H20ClN3O2/c1-3-14-9(2)12-6-10(17)7-13(15(12)22-14)19-16(21)20-5-4-11(18)8-20/h6-7,11H,3-5,8,18H2,1-2H3,(H,19,21)/t11-/m1/s1. The number of anilines is 1. The smallest absolute Gasteiger partial charge is 0.322 e. The fraction of sp³-hybridized carbons (Fsp3) is 0.438. The number of benzene rings is 1. The van der Waals surface area contributed by atoms with Gasteiger partial charge in [0.2, 0.25) is 0 Å². The molecule has 1 aliphatic rings. The molecular weight excluding hydrogens is 302 g/mol. The molecule has 2 heterocycles. The number of nitrogens with zero attached hydrogens (tertiary/aromatic N) is 1. The fourth-order valence-corrected chi connectivity index (χ4v) is 3.15. The molecule has 1 aromatic heterocycles. The molecule has 1 fully saturated rings. The topological polar surface area (TPSA) is 71.5 Å². The maximum atomic E-state index is 12.4. The van der Waals surface area contributed by atoms with Crippen molar-refractivity contribution in [2.45, 2.75) is 32.7 Å². The number of aryl methyl sites for hydroxylation is 2. The van der Waals surface area contributed by atoms with Gasteiger partial charge in [-0.2, -0.15) is 0 Å². The van der Waals surface area contributed by atoms with Crippen molar-refractivity contribution in [1.29, 1.82) is 0 Å². The van der Waals surface area contributed by atoms with Crippen molar-refractivity contribution in [3.63, 3.8) is 0 Å². The van der Waals surface area contributed by atoms with Crippen LogP contribution in [0.15, 0.2) is 16.5 Å². The number of rotatable bonds is 2. The largest absolute Gasteiger partial charge is 0.459 e. The van der Waals surface area contributed by atoms with Gasteiger partial charge in [0.15, 0.2) is 5.58 Å². The number of hydrogen-bond donors (Lipinski definition) is 2. The lowest BCUT2D eigenvalue weighted by Crippen LogP contribution is -2.35. The van der Waals surface area contributed by atoms with Crippen molar-refractivity contribution in [2.24, 2.45) is 5.73 Å². The highest BCUT2D eigenvalue weighted by molar-refractivity contribution is 6.32. The molecule has 3 rings (SSSR count). The molecule has 6 heteroatoms. The molecule has 0 unspecified atom stereocenters. The van der Waals surface area contributed by atoms with Crippen LogP contribution in [0.2, 0.25) is 5.02 Å². The van der Waals surface area contributed by atoms with Gasteiger partial charge in [-0.05, 0) is 31.0 Å². The summed E-state index contributed by atoms with van der Waals surface area (Å²) >= 11 is 6.19. The van der Waals surface area contributed by atoms with Gasteiger partial charge in [-0.1, -0.05) is 18.5 Å². The number of nitrogens with one attached hydrogen (secondary N) is 1. The Kier molecular flexibility index (Phi) is 4.02. The molecule has 1 aromatic carbocycles. The van der Waals surface area contributed by atoms with Gasteiger partial charge in [0, 0.05) is 36.0 Å².